The predicted molar refractivity (Wildman–Crippen MR) is 103 cm³/mol. The van der Waals surface area contributed by atoms with Crippen LogP contribution in [0.4, 0.5) is 10.1 Å². The Balaban J connectivity index is 1.67. The van der Waals surface area contributed by atoms with Gasteiger partial charge in [0.2, 0.25) is 15.9 Å². The van der Waals surface area contributed by atoms with Crippen molar-refractivity contribution in [2.45, 2.75) is 37.5 Å². The van der Waals surface area contributed by atoms with Crippen LogP contribution in [0.25, 0.3) is 0 Å². The summed E-state index contributed by atoms with van der Waals surface area (Å²) < 4.78 is 40.8. The summed E-state index contributed by atoms with van der Waals surface area (Å²) in [7, 11) is -3.65. The molecule has 1 amide bonds. The zero-order valence-corrected chi connectivity index (χ0v) is 16.1. The summed E-state index contributed by atoms with van der Waals surface area (Å²) in [6, 6.07) is 10.8. The number of carbonyl (C=O) groups is 1. The van der Waals surface area contributed by atoms with Crippen LogP contribution in [-0.4, -0.2) is 27.4 Å². The average Bonchev–Trinajstić information content (AvgIpc) is 2.65. The van der Waals surface area contributed by atoms with E-state index in [0.29, 0.717) is 5.69 Å². The molecule has 144 valence electrons. The molecule has 1 aliphatic rings. The van der Waals surface area contributed by atoms with Gasteiger partial charge in [-0.25, -0.2) is 17.5 Å². The van der Waals surface area contributed by atoms with Crippen LogP contribution in [0.5, 0.6) is 0 Å². The molecule has 3 rings (SSSR count). The molecule has 0 spiro atoms. The molecule has 0 aliphatic heterocycles. The van der Waals surface area contributed by atoms with Crippen molar-refractivity contribution in [2.75, 3.05) is 18.0 Å². The van der Waals surface area contributed by atoms with Crippen LogP contribution in [0.2, 0.25) is 0 Å². The van der Waals surface area contributed by atoms with E-state index >= 15 is 0 Å². The molecule has 0 bridgehead atoms. The highest BCUT2D eigenvalue weighted by Crippen LogP contribution is 2.24. The monoisotopic (exact) mass is 390 g/mol. The minimum absolute atomic E-state index is 0.0658. The van der Waals surface area contributed by atoms with Gasteiger partial charge in [-0.1, -0.05) is 6.07 Å². The molecule has 1 aliphatic carbocycles. The van der Waals surface area contributed by atoms with Crippen molar-refractivity contribution in [2.24, 2.45) is 0 Å². The summed E-state index contributed by atoms with van der Waals surface area (Å²) in [5.74, 6) is -0.634. The fourth-order valence-corrected chi connectivity index (χ4v) is 4.41. The topological polar surface area (TPSA) is 66.5 Å². The molecule has 7 heteroatoms. The zero-order valence-electron chi connectivity index (χ0n) is 15.2. The van der Waals surface area contributed by atoms with E-state index in [1.54, 1.807) is 12.1 Å². The Bertz CT molecular complexity index is 927. The SMILES string of the molecule is CC(=O)N(CCNS(=O)(=O)c1ccc2c(c1)CCCC2)c1ccc(F)cc1. The quantitative estimate of drug-likeness (QED) is 0.824. The van der Waals surface area contributed by atoms with Crippen LogP contribution in [0.1, 0.15) is 30.9 Å². The molecule has 5 nitrogen and oxygen atoms in total. The Hall–Kier alpha value is -2.25. The Morgan fingerprint density at radius 1 is 1.07 bits per heavy atom. The van der Waals surface area contributed by atoms with Gasteiger partial charge in [0, 0.05) is 25.7 Å². The maximum absolute atomic E-state index is 13.1. The third-order valence-corrected chi connectivity index (χ3v) is 6.23. The smallest absolute Gasteiger partial charge is 0.240 e. The van der Waals surface area contributed by atoms with Crippen LogP contribution in [0.3, 0.4) is 0 Å². The second-order valence-electron chi connectivity index (χ2n) is 6.68. The number of hydrogen-bond acceptors (Lipinski definition) is 3. The van der Waals surface area contributed by atoms with Gasteiger partial charge in [-0.3, -0.25) is 4.79 Å². The fraction of sp³-hybridized carbons (Fsp3) is 0.350. The lowest BCUT2D eigenvalue weighted by Gasteiger charge is -2.21. The number of hydrogen-bond donors (Lipinski definition) is 1. The number of anilines is 1. The molecule has 27 heavy (non-hydrogen) atoms. The van der Waals surface area contributed by atoms with E-state index in [4.69, 9.17) is 0 Å². The van der Waals surface area contributed by atoms with Crippen molar-refractivity contribution in [1.82, 2.24) is 4.72 Å². The number of fused-ring (bicyclic) bond motifs is 1. The number of rotatable bonds is 6. The second kappa shape index (κ2) is 8.19. The first-order valence-electron chi connectivity index (χ1n) is 9.02. The van der Waals surface area contributed by atoms with E-state index < -0.39 is 15.8 Å². The number of carbonyl (C=O) groups excluding carboxylic acids is 1. The van der Waals surface area contributed by atoms with E-state index in [2.05, 4.69) is 4.72 Å². The minimum Gasteiger partial charge on any atom is -0.311 e. The summed E-state index contributed by atoms with van der Waals surface area (Å²) >= 11 is 0. The number of nitrogens with one attached hydrogen (secondary N) is 1. The summed E-state index contributed by atoms with van der Waals surface area (Å²) in [6.07, 6.45) is 4.12. The highest BCUT2D eigenvalue weighted by molar-refractivity contribution is 7.89. The molecule has 0 atom stereocenters. The van der Waals surface area contributed by atoms with Crippen molar-refractivity contribution in [1.29, 1.82) is 0 Å². The molecular formula is C20H23FN2O3S. The molecule has 0 radical (unpaired) electrons. The van der Waals surface area contributed by atoms with Crippen molar-refractivity contribution in [3.05, 3.63) is 59.4 Å². The number of amides is 1. The number of sulfonamides is 1. The maximum Gasteiger partial charge on any atom is 0.240 e. The predicted octanol–water partition coefficient (Wildman–Crippen LogP) is 3.04. The lowest BCUT2D eigenvalue weighted by molar-refractivity contribution is -0.116. The maximum atomic E-state index is 13.1. The molecular weight excluding hydrogens is 367 g/mol. The first-order valence-corrected chi connectivity index (χ1v) is 10.5. The Labute approximate surface area is 159 Å². The molecule has 1 N–H and O–H groups in total. The molecule has 0 fully saturated rings. The van der Waals surface area contributed by atoms with Gasteiger partial charge in [-0.05, 0) is 73.2 Å². The van der Waals surface area contributed by atoms with E-state index in [0.717, 1.165) is 31.2 Å². The zero-order chi connectivity index (χ0) is 19.4. The third kappa shape index (κ3) is 4.73. The third-order valence-electron chi connectivity index (χ3n) is 4.78. The van der Waals surface area contributed by atoms with E-state index in [9.17, 15) is 17.6 Å². The number of aryl methyl sites for hydroxylation is 2. The minimum atomic E-state index is -3.65. The fourth-order valence-electron chi connectivity index (χ4n) is 3.34. The van der Waals surface area contributed by atoms with Crippen LogP contribution < -0.4 is 9.62 Å². The number of benzene rings is 2. The summed E-state index contributed by atoms with van der Waals surface area (Å²) in [5, 5.41) is 0. The van der Waals surface area contributed by atoms with Gasteiger partial charge >= 0.3 is 0 Å². The standard InChI is InChI=1S/C20H23FN2O3S/c1-15(24)23(19-9-7-18(21)8-10-19)13-12-22-27(25,26)20-11-6-16-4-2-3-5-17(16)14-20/h6-11,14,22H,2-5,12-13H2,1H3. The lowest BCUT2D eigenvalue weighted by Crippen LogP contribution is -2.37. The van der Waals surface area contributed by atoms with Crippen LogP contribution in [0, 0.1) is 5.82 Å². The van der Waals surface area contributed by atoms with E-state index in [1.165, 1.54) is 41.7 Å². The van der Waals surface area contributed by atoms with Gasteiger partial charge in [0.25, 0.3) is 0 Å². The van der Waals surface area contributed by atoms with Crippen molar-refractivity contribution < 1.29 is 17.6 Å². The Morgan fingerprint density at radius 3 is 2.41 bits per heavy atom. The lowest BCUT2D eigenvalue weighted by atomic mass is 9.92. The van der Waals surface area contributed by atoms with Gasteiger partial charge in [0.05, 0.1) is 4.90 Å². The van der Waals surface area contributed by atoms with Gasteiger partial charge in [-0.2, -0.15) is 0 Å². The van der Waals surface area contributed by atoms with Crippen LogP contribution >= 0.6 is 0 Å². The normalized spacial score (nSPS) is 13.9. The first-order chi connectivity index (χ1) is 12.9. The molecule has 2 aromatic rings. The average molecular weight is 390 g/mol. The Kier molecular flexibility index (Phi) is 5.92. The molecule has 0 saturated heterocycles. The molecule has 0 saturated carbocycles. The largest absolute Gasteiger partial charge is 0.311 e. The number of nitrogens with zero attached hydrogens (tertiary/aromatic N) is 1. The summed E-state index contributed by atoms with van der Waals surface area (Å²) in [4.78, 5) is 13.5. The van der Waals surface area contributed by atoms with Crippen molar-refractivity contribution in [3.63, 3.8) is 0 Å². The second-order valence-corrected chi connectivity index (χ2v) is 8.45. The molecule has 2 aromatic carbocycles. The van der Waals surface area contributed by atoms with Crippen molar-refractivity contribution in [3.8, 4) is 0 Å². The number of halogens is 1. The van der Waals surface area contributed by atoms with Crippen molar-refractivity contribution >= 4 is 21.6 Å². The summed E-state index contributed by atoms with van der Waals surface area (Å²) in [5.41, 5.74) is 2.84. The first kappa shape index (κ1) is 19.5. The van der Waals surface area contributed by atoms with Gasteiger partial charge in [0.15, 0.2) is 0 Å². The Morgan fingerprint density at radius 2 is 1.74 bits per heavy atom. The molecule has 0 aromatic heterocycles. The summed E-state index contributed by atoms with van der Waals surface area (Å²) in [6.45, 7) is 1.61. The molecule has 0 heterocycles. The van der Waals surface area contributed by atoms with Gasteiger partial charge < -0.3 is 4.90 Å². The highest BCUT2D eigenvalue weighted by atomic mass is 32.2. The van der Waals surface area contributed by atoms with E-state index in [1.807, 2.05) is 6.07 Å². The van der Waals surface area contributed by atoms with E-state index in [-0.39, 0.29) is 23.9 Å². The van der Waals surface area contributed by atoms with Gasteiger partial charge in [0.1, 0.15) is 5.82 Å². The van der Waals surface area contributed by atoms with Crippen LogP contribution in [-0.2, 0) is 27.7 Å². The van der Waals surface area contributed by atoms with Crippen LogP contribution in [0.15, 0.2) is 47.4 Å². The highest BCUT2D eigenvalue weighted by Gasteiger charge is 2.18. The molecule has 0 unspecified atom stereocenters. The van der Waals surface area contributed by atoms with Gasteiger partial charge in [-0.15, -0.1) is 0 Å².